The van der Waals surface area contributed by atoms with E-state index in [-0.39, 0.29) is 11.9 Å². The van der Waals surface area contributed by atoms with E-state index in [1.807, 2.05) is 91.0 Å². The average molecular weight is 439 g/mol. The van der Waals surface area contributed by atoms with Gasteiger partial charge < -0.3 is 5.32 Å². The average Bonchev–Trinajstić information content (AvgIpc) is 3.68. The molecular weight excluding hydrogens is 416 g/mol. The molecule has 0 spiro atoms. The van der Waals surface area contributed by atoms with Crippen LogP contribution in [0.2, 0.25) is 0 Å². The Bertz CT molecular complexity index is 1200. The second kappa shape index (κ2) is 9.32. The minimum Gasteiger partial charge on any atom is -0.352 e. The van der Waals surface area contributed by atoms with E-state index in [9.17, 15) is 4.79 Å². The SMILES string of the molecule is O=C(NC1CC1)[C@H](Sc1nnc(-c2ccccc2)c(-c2ccccc2)n1)c1ccccc1. The van der Waals surface area contributed by atoms with Gasteiger partial charge in [0.05, 0.1) is 0 Å². The second-order valence-electron chi connectivity index (χ2n) is 7.72. The Hall–Kier alpha value is -3.51. The first-order valence-corrected chi connectivity index (χ1v) is 11.5. The predicted molar refractivity (Wildman–Crippen MR) is 127 cm³/mol. The van der Waals surface area contributed by atoms with Crippen LogP contribution in [0.5, 0.6) is 0 Å². The van der Waals surface area contributed by atoms with E-state index in [4.69, 9.17) is 4.98 Å². The summed E-state index contributed by atoms with van der Waals surface area (Å²) >= 11 is 1.34. The van der Waals surface area contributed by atoms with Gasteiger partial charge in [-0.2, -0.15) is 0 Å². The number of nitrogens with zero attached hydrogens (tertiary/aromatic N) is 3. The van der Waals surface area contributed by atoms with Crippen molar-refractivity contribution >= 4 is 17.7 Å². The van der Waals surface area contributed by atoms with E-state index < -0.39 is 5.25 Å². The summed E-state index contributed by atoms with van der Waals surface area (Å²) in [4.78, 5) is 17.9. The molecule has 1 fully saturated rings. The Morgan fingerprint density at radius 1 is 0.781 bits per heavy atom. The Balaban J connectivity index is 1.53. The minimum atomic E-state index is -0.440. The highest BCUT2D eigenvalue weighted by Crippen LogP contribution is 2.36. The smallest absolute Gasteiger partial charge is 0.238 e. The van der Waals surface area contributed by atoms with Crippen LogP contribution in [0.4, 0.5) is 0 Å². The summed E-state index contributed by atoms with van der Waals surface area (Å²) in [6, 6.07) is 29.9. The molecule has 1 aliphatic rings. The quantitative estimate of drug-likeness (QED) is 0.396. The zero-order valence-corrected chi connectivity index (χ0v) is 18.2. The Morgan fingerprint density at radius 2 is 1.34 bits per heavy atom. The molecule has 5 nitrogen and oxygen atoms in total. The number of hydrogen-bond donors (Lipinski definition) is 1. The van der Waals surface area contributed by atoms with Gasteiger partial charge in [0.25, 0.3) is 0 Å². The molecule has 1 aromatic heterocycles. The van der Waals surface area contributed by atoms with Crippen molar-refractivity contribution in [2.45, 2.75) is 29.3 Å². The summed E-state index contributed by atoms with van der Waals surface area (Å²) in [5.41, 5.74) is 4.31. The Kier molecular flexibility index (Phi) is 5.94. The number of carbonyl (C=O) groups excluding carboxylic acids is 1. The molecule has 0 bridgehead atoms. The molecule has 5 rings (SSSR count). The monoisotopic (exact) mass is 438 g/mol. The van der Waals surface area contributed by atoms with Crippen molar-refractivity contribution in [3.63, 3.8) is 0 Å². The molecule has 1 atom stereocenters. The van der Waals surface area contributed by atoms with Crippen LogP contribution in [-0.2, 0) is 4.79 Å². The van der Waals surface area contributed by atoms with Crippen LogP contribution in [0.25, 0.3) is 22.5 Å². The highest BCUT2D eigenvalue weighted by Gasteiger charge is 2.30. The summed E-state index contributed by atoms with van der Waals surface area (Å²) in [6.07, 6.45) is 2.08. The molecule has 32 heavy (non-hydrogen) atoms. The first kappa shape index (κ1) is 20.4. The molecule has 0 radical (unpaired) electrons. The topological polar surface area (TPSA) is 67.8 Å². The third kappa shape index (κ3) is 4.70. The van der Waals surface area contributed by atoms with E-state index >= 15 is 0 Å². The summed E-state index contributed by atoms with van der Waals surface area (Å²) in [5, 5.41) is 12.1. The largest absolute Gasteiger partial charge is 0.352 e. The van der Waals surface area contributed by atoms with E-state index in [1.165, 1.54) is 11.8 Å². The van der Waals surface area contributed by atoms with E-state index in [0.717, 1.165) is 40.9 Å². The van der Waals surface area contributed by atoms with Gasteiger partial charge >= 0.3 is 0 Å². The first-order chi connectivity index (χ1) is 15.8. The molecular formula is C26H22N4OS. The predicted octanol–water partition coefficient (Wildman–Crippen LogP) is 5.32. The van der Waals surface area contributed by atoms with Gasteiger partial charge in [-0.3, -0.25) is 4.79 Å². The van der Waals surface area contributed by atoms with E-state index in [0.29, 0.717) is 5.16 Å². The number of nitrogens with one attached hydrogen (secondary N) is 1. The van der Waals surface area contributed by atoms with E-state index in [2.05, 4.69) is 15.5 Å². The number of rotatable bonds is 7. The van der Waals surface area contributed by atoms with Crippen LogP contribution in [0.3, 0.4) is 0 Å². The van der Waals surface area contributed by atoms with Crippen molar-refractivity contribution < 1.29 is 4.79 Å². The van der Waals surface area contributed by atoms with Gasteiger partial charge in [0.2, 0.25) is 11.1 Å². The fourth-order valence-electron chi connectivity index (χ4n) is 3.46. The van der Waals surface area contributed by atoms with E-state index in [1.54, 1.807) is 0 Å². The summed E-state index contributed by atoms with van der Waals surface area (Å²) in [7, 11) is 0. The Labute approximate surface area is 191 Å². The lowest BCUT2D eigenvalue weighted by Crippen LogP contribution is -2.29. The molecule has 0 saturated heterocycles. The van der Waals surface area contributed by atoms with Gasteiger partial charge in [-0.05, 0) is 18.4 Å². The number of amides is 1. The number of benzene rings is 3. The van der Waals surface area contributed by atoms with Crippen molar-refractivity contribution in [3.05, 3.63) is 96.6 Å². The zero-order valence-electron chi connectivity index (χ0n) is 17.4. The molecule has 1 amide bonds. The molecule has 1 aliphatic carbocycles. The molecule has 1 heterocycles. The molecule has 6 heteroatoms. The lowest BCUT2D eigenvalue weighted by Gasteiger charge is -2.16. The normalized spacial score (nSPS) is 14.0. The van der Waals surface area contributed by atoms with Crippen molar-refractivity contribution in [2.24, 2.45) is 0 Å². The van der Waals surface area contributed by atoms with Gasteiger partial charge in [0, 0.05) is 17.2 Å². The number of hydrogen-bond acceptors (Lipinski definition) is 5. The molecule has 3 aromatic carbocycles. The number of aromatic nitrogens is 3. The van der Waals surface area contributed by atoms with Gasteiger partial charge in [0.1, 0.15) is 16.6 Å². The Morgan fingerprint density at radius 3 is 1.94 bits per heavy atom. The third-order valence-electron chi connectivity index (χ3n) is 5.25. The highest BCUT2D eigenvalue weighted by atomic mass is 32.2. The standard InChI is InChI=1S/C26H22N4OS/c31-25(27-21-16-17-21)24(20-14-8-3-9-15-20)32-26-28-22(18-10-4-1-5-11-18)23(29-30-26)19-12-6-2-7-13-19/h1-15,21,24H,16-17H2,(H,27,31)/t24-/m1/s1. The first-order valence-electron chi connectivity index (χ1n) is 10.7. The second-order valence-corrected chi connectivity index (χ2v) is 8.79. The summed E-state index contributed by atoms with van der Waals surface area (Å²) in [5.74, 6) is -0.0132. The molecule has 0 aliphatic heterocycles. The number of thioether (sulfide) groups is 1. The summed E-state index contributed by atoms with van der Waals surface area (Å²) < 4.78 is 0. The van der Waals surface area contributed by atoms with Crippen molar-refractivity contribution in [3.8, 4) is 22.5 Å². The van der Waals surface area contributed by atoms with Gasteiger partial charge in [-0.25, -0.2) is 4.98 Å². The molecule has 158 valence electrons. The van der Waals surface area contributed by atoms with Crippen molar-refractivity contribution in [2.75, 3.05) is 0 Å². The maximum Gasteiger partial charge on any atom is 0.238 e. The maximum absolute atomic E-state index is 13.0. The van der Waals surface area contributed by atoms with Crippen LogP contribution >= 0.6 is 11.8 Å². The van der Waals surface area contributed by atoms with Crippen molar-refractivity contribution in [1.82, 2.24) is 20.5 Å². The zero-order chi connectivity index (χ0) is 21.8. The van der Waals surface area contributed by atoms with Crippen LogP contribution in [0, 0.1) is 0 Å². The number of carbonyl (C=O) groups is 1. The minimum absolute atomic E-state index is 0.0132. The van der Waals surface area contributed by atoms with Crippen LogP contribution in [-0.4, -0.2) is 27.1 Å². The summed E-state index contributed by atoms with van der Waals surface area (Å²) in [6.45, 7) is 0. The van der Waals surface area contributed by atoms with Gasteiger partial charge in [0.15, 0.2) is 0 Å². The maximum atomic E-state index is 13.0. The fourth-order valence-corrected chi connectivity index (χ4v) is 4.37. The third-order valence-corrected chi connectivity index (χ3v) is 6.35. The lowest BCUT2D eigenvalue weighted by atomic mass is 10.0. The van der Waals surface area contributed by atoms with Crippen LogP contribution in [0.1, 0.15) is 23.7 Å². The van der Waals surface area contributed by atoms with Crippen LogP contribution in [0.15, 0.2) is 96.2 Å². The fraction of sp³-hybridized carbons (Fsp3) is 0.154. The lowest BCUT2D eigenvalue weighted by molar-refractivity contribution is -0.120. The van der Waals surface area contributed by atoms with Gasteiger partial charge in [-0.1, -0.05) is 103 Å². The van der Waals surface area contributed by atoms with Crippen molar-refractivity contribution in [1.29, 1.82) is 0 Å². The highest BCUT2D eigenvalue weighted by molar-refractivity contribution is 8.00. The van der Waals surface area contributed by atoms with Crippen LogP contribution < -0.4 is 5.32 Å². The molecule has 4 aromatic rings. The molecule has 1 saturated carbocycles. The van der Waals surface area contributed by atoms with Gasteiger partial charge in [-0.15, -0.1) is 10.2 Å². The molecule has 0 unspecified atom stereocenters. The molecule has 1 N–H and O–H groups in total.